The van der Waals surface area contributed by atoms with Crippen LogP contribution in [0.5, 0.6) is 0 Å². The third-order valence-electron chi connectivity index (χ3n) is 2.60. The standard InChI is InChI=1S/C9H20N2/c1-9(2,10-3)7-8-5-4-6-11-8/h8,10-11H,4-7H2,1-3H3. The Morgan fingerprint density at radius 2 is 2.27 bits per heavy atom. The van der Waals surface area contributed by atoms with E-state index in [1.54, 1.807) is 0 Å². The SMILES string of the molecule is CNC(C)(C)CC1CCCN1. The Bertz CT molecular complexity index is 115. The Hall–Kier alpha value is -0.0800. The smallest absolute Gasteiger partial charge is 0.0136 e. The van der Waals surface area contributed by atoms with E-state index in [-0.39, 0.29) is 0 Å². The largest absolute Gasteiger partial charge is 0.315 e. The minimum atomic E-state index is 0.294. The average Bonchev–Trinajstić information content (AvgIpc) is 2.39. The molecule has 2 nitrogen and oxygen atoms in total. The highest BCUT2D eigenvalue weighted by Crippen LogP contribution is 2.17. The molecule has 0 amide bonds. The van der Waals surface area contributed by atoms with Gasteiger partial charge in [0.1, 0.15) is 0 Å². The van der Waals surface area contributed by atoms with E-state index in [1.807, 2.05) is 7.05 Å². The summed E-state index contributed by atoms with van der Waals surface area (Å²) in [5.74, 6) is 0. The highest BCUT2D eigenvalue weighted by atomic mass is 15.0. The van der Waals surface area contributed by atoms with Crippen molar-refractivity contribution in [1.29, 1.82) is 0 Å². The number of nitrogens with one attached hydrogen (secondary N) is 2. The fourth-order valence-electron chi connectivity index (χ4n) is 1.65. The first-order valence-electron chi connectivity index (χ1n) is 4.56. The van der Waals surface area contributed by atoms with E-state index in [0.29, 0.717) is 5.54 Å². The van der Waals surface area contributed by atoms with Crippen LogP contribution in [0.25, 0.3) is 0 Å². The van der Waals surface area contributed by atoms with Crippen LogP contribution in [0.3, 0.4) is 0 Å². The van der Waals surface area contributed by atoms with Crippen LogP contribution in [-0.2, 0) is 0 Å². The minimum absolute atomic E-state index is 0.294. The Morgan fingerprint density at radius 3 is 2.73 bits per heavy atom. The Kier molecular flexibility index (Phi) is 2.90. The van der Waals surface area contributed by atoms with Crippen LogP contribution >= 0.6 is 0 Å². The molecule has 1 rings (SSSR count). The highest BCUT2D eigenvalue weighted by molar-refractivity contribution is 4.85. The third-order valence-corrected chi connectivity index (χ3v) is 2.60. The molecule has 1 aliphatic rings. The van der Waals surface area contributed by atoms with Crippen molar-refractivity contribution >= 4 is 0 Å². The normalized spacial score (nSPS) is 25.9. The zero-order valence-electron chi connectivity index (χ0n) is 7.91. The summed E-state index contributed by atoms with van der Waals surface area (Å²) in [7, 11) is 2.04. The van der Waals surface area contributed by atoms with Gasteiger partial charge in [0.2, 0.25) is 0 Å². The molecule has 1 heterocycles. The van der Waals surface area contributed by atoms with Crippen LogP contribution in [0.2, 0.25) is 0 Å². The molecule has 0 bridgehead atoms. The van der Waals surface area contributed by atoms with Crippen molar-refractivity contribution < 1.29 is 0 Å². The topological polar surface area (TPSA) is 24.1 Å². The van der Waals surface area contributed by atoms with Crippen LogP contribution in [0.4, 0.5) is 0 Å². The number of rotatable bonds is 3. The molecule has 1 aliphatic heterocycles. The van der Waals surface area contributed by atoms with Gasteiger partial charge in [-0.15, -0.1) is 0 Å². The maximum absolute atomic E-state index is 3.51. The van der Waals surface area contributed by atoms with E-state index in [4.69, 9.17) is 0 Å². The van der Waals surface area contributed by atoms with Crippen LogP contribution in [0.1, 0.15) is 33.1 Å². The summed E-state index contributed by atoms with van der Waals surface area (Å²) in [6.07, 6.45) is 3.94. The lowest BCUT2D eigenvalue weighted by Gasteiger charge is -2.27. The molecule has 2 N–H and O–H groups in total. The van der Waals surface area contributed by atoms with Gasteiger partial charge in [-0.3, -0.25) is 0 Å². The summed E-state index contributed by atoms with van der Waals surface area (Å²) in [5, 5.41) is 6.84. The fourth-order valence-corrected chi connectivity index (χ4v) is 1.65. The van der Waals surface area contributed by atoms with Crippen molar-refractivity contribution in [3.63, 3.8) is 0 Å². The molecule has 0 aromatic rings. The molecule has 1 saturated heterocycles. The average molecular weight is 156 g/mol. The lowest BCUT2D eigenvalue weighted by Crippen LogP contribution is -2.41. The molecule has 2 heteroatoms. The van der Waals surface area contributed by atoms with E-state index < -0.39 is 0 Å². The van der Waals surface area contributed by atoms with Gasteiger partial charge < -0.3 is 10.6 Å². The van der Waals surface area contributed by atoms with Gasteiger partial charge in [0, 0.05) is 11.6 Å². The molecule has 0 spiro atoms. The van der Waals surface area contributed by atoms with Crippen molar-refractivity contribution in [1.82, 2.24) is 10.6 Å². The van der Waals surface area contributed by atoms with Gasteiger partial charge in [0.15, 0.2) is 0 Å². The maximum Gasteiger partial charge on any atom is 0.0136 e. The molecule has 1 unspecified atom stereocenters. The molecule has 1 atom stereocenters. The molecule has 0 aromatic heterocycles. The Labute approximate surface area is 69.8 Å². The van der Waals surface area contributed by atoms with Gasteiger partial charge in [0.25, 0.3) is 0 Å². The van der Waals surface area contributed by atoms with E-state index >= 15 is 0 Å². The van der Waals surface area contributed by atoms with Crippen molar-refractivity contribution in [2.45, 2.75) is 44.7 Å². The Morgan fingerprint density at radius 1 is 1.55 bits per heavy atom. The molecular formula is C9H20N2. The summed E-state index contributed by atoms with van der Waals surface area (Å²) >= 11 is 0. The summed E-state index contributed by atoms with van der Waals surface area (Å²) in [4.78, 5) is 0. The molecule has 0 aliphatic carbocycles. The highest BCUT2D eigenvalue weighted by Gasteiger charge is 2.23. The molecule has 66 valence electrons. The molecule has 0 radical (unpaired) electrons. The van der Waals surface area contributed by atoms with E-state index in [1.165, 1.54) is 25.8 Å². The zero-order valence-corrected chi connectivity index (χ0v) is 7.91. The van der Waals surface area contributed by atoms with Crippen molar-refractivity contribution in [2.24, 2.45) is 0 Å². The first-order valence-corrected chi connectivity index (χ1v) is 4.56. The predicted molar refractivity (Wildman–Crippen MR) is 48.8 cm³/mol. The van der Waals surface area contributed by atoms with E-state index in [0.717, 1.165) is 6.04 Å². The van der Waals surface area contributed by atoms with Crippen molar-refractivity contribution in [2.75, 3.05) is 13.6 Å². The third kappa shape index (κ3) is 2.80. The van der Waals surface area contributed by atoms with Crippen LogP contribution in [0, 0.1) is 0 Å². The van der Waals surface area contributed by atoms with Gasteiger partial charge in [-0.25, -0.2) is 0 Å². The lowest BCUT2D eigenvalue weighted by atomic mass is 9.95. The van der Waals surface area contributed by atoms with Gasteiger partial charge in [-0.05, 0) is 46.7 Å². The zero-order chi connectivity index (χ0) is 8.32. The second-order valence-electron chi connectivity index (χ2n) is 4.13. The summed E-state index contributed by atoms with van der Waals surface area (Å²) in [6.45, 7) is 5.73. The van der Waals surface area contributed by atoms with Gasteiger partial charge in [-0.2, -0.15) is 0 Å². The molecular weight excluding hydrogens is 136 g/mol. The van der Waals surface area contributed by atoms with Gasteiger partial charge in [-0.1, -0.05) is 0 Å². The van der Waals surface area contributed by atoms with E-state index in [2.05, 4.69) is 24.5 Å². The predicted octanol–water partition coefficient (Wildman–Crippen LogP) is 1.13. The second-order valence-corrected chi connectivity index (χ2v) is 4.13. The molecule has 0 aromatic carbocycles. The monoisotopic (exact) mass is 156 g/mol. The lowest BCUT2D eigenvalue weighted by molar-refractivity contribution is 0.344. The van der Waals surface area contributed by atoms with Crippen LogP contribution < -0.4 is 10.6 Å². The van der Waals surface area contributed by atoms with Gasteiger partial charge >= 0.3 is 0 Å². The molecule has 0 saturated carbocycles. The van der Waals surface area contributed by atoms with E-state index in [9.17, 15) is 0 Å². The van der Waals surface area contributed by atoms with Crippen LogP contribution in [0.15, 0.2) is 0 Å². The maximum atomic E-state index is 3.51. The first-order chi connectivity index (χ1) is 5.14. The number of hydrogen-bond acceptors (Lipinski definition) is 2. The summed E-state index contributed by atoms with van der Waals surface area (Å²) < 4.78 is 0. The van der Waals surface area contributed by atoms with Crippen molar-refractivity contribution in [3.8, 4) is 0 Å². The molecule has 11 heavy (non-hydrogen) atoms. The second kappa shape index (κ2) is 3.55. The van der Waals surface area contributed by atoms with Crippen molar-refractivity contribution in [3.05, 3.63) is 0 Å². The summed E-state index contributed by atoms with van der Waals surface area (Å²) in [5.41, 5.74) is 0.294. The summed E-state index contributed by atoms with van der Waals surface area (Å²) in [6, 6.07) is 0.748. The molecule has 1 fully saturated rings. The minimum Gasteiger partial charge on any atom is -0.315 e. The first kappa shape index (κ1) is 9.01. The fraction of sp³-hybridized carbons (Fsp3) is 1.00. The van der Waals surface area contributed by atoms with Crippen LogP contribution in [-0.4, -0.2) is 25.2 Å². The quantitative estimate of drug-likeness (QED) is 0.640. The van der Waals surface area contributed by atoms with Gasteiger partial charge in [0.05, 0.1) is 0 Å². The Balaban J connectivity index is 2.28. The number of hydrogen-bond donors (Lipinski definition) is 2.